The molecule has 158 valence electrons. The number of sulfone groups is 1. The molecule has 1 aromatic carbocycles. The molecule has 29 heavy (non-hydrogen) atoms. The average Bonchev–Trinajstić information content (AvgIpc) is 3.20. The van der Waals surface area contributed by atoms with E-state index in [9.17, 15) is 18.0 Å². The van der Waals surface area contributed by atoms with Crippen LogP contribution in [0.4, 0.5) is 0 Å². The van der Waals surface area contributed by atoms with Crippen molar-refractivity contribution in [1.29, 1.82) is 0 Å². The van der Waals surface area contributed by atoms with Crippen LogP contribution in [0.25, 0.3) is 0 Å². The van der Waals surface area contributed by atoms with Gasteiger partial charge in [0.25, 0.3) is 0 Å². The van der Waals surface area contributed by atoms with Gasteiger partial charge in [0.1, 0.15) is 11.0 Å². The molecule has 0 saturated carbocycles. The molecule has 2 amide bonds. The van der Waals surface area contributed by atoms with Gasteiger partial charge < -0.3 is 15.1 Å². The van der Waals surface area contributed by atoms with Gasteiger partial charge in [0.05, 0.1) is 11.2 Å². The van der Waals surface area contributed by atoms with E-state index in [1.807, 2.05) is 27.7 Å². The van der Waals surface area contributed by atoms with Crippen LogP contribution >= 0.6 is 0 Å². The highest BCUT2D eigenvalue weighted by molar-refractivity contribution is 7.91. The highest BCUT2D eigenvalue weighted by Gasteiger charge is 2.32. The van der Waals surface area contributed by atoms with Crippen molar-refractivity contribution in [3.8, 4) is 0 Å². The summed E-state index contributed by atoms with van der Waals surface area (Å²) in [5.74, 6) is -1.02. The second kappa shape index (κ2) is 9.73. The fraction of sp³-hybridized carbons (Fsp3) is 0.429. The van der Waals surface area contributed by atoms with Crippen LogP contribution in [0.15, 0.2) is 52.0 Å². The number of rotatable bonds is 8. The lowest BCUT2D eigenvalue weighted by atomic mass is 10.0. The summed E-state index contributed by atoms with van der Waals surface area (Å²) in [4.78, 5) is 24.1. The Labute approximate surface area is 171 Å². The van der Waals surface area contributed by atoms with Crippen LogP contribution in [0, 0.1) is 5.92 Å². The van der Waals surface area contributed by atoms with Gasteiger partial charge in [-0.15, -0.1) is 0 Å². The Kier molecular flexibility index (Phi) is 7.61. The third kappa shape index (κ3) is 5.93. The smallest absolute Gasteiger partial charge is 0.309 e. The van der Waals surface area contributed by atoms with Gasteiger partial charge in [0, 0.05) is 13.1 Å². The van der Waals surface area contributed by atoms with E-state index < -0.39 is 26.9 Å². The van der Waals surface area contributed by atoms with E-state index in [1.54, 1.807) is 30.3 Å². The minimum atomic E-state index is -3.85. The van der Waals surface area contributed by atoms with Crippen molar-refractivity contribution in [3.63, 3.8) is 0 Å². The lowest BCUT2D eigenvalue weighted by Gasteiger charge is -2.17. The van der Waals surface area contributed by atoms with Crippen LogP contribution in [-0.4, -0.2) is 33.3 Å². The first-order valence-electron chi connectivity index (χ1n) is 9.56. The predicted molar refractivity (Wildman–Crippen MR) is 110 cm³/mol. The molecule has 7 nitrogen and oxygen atoms in total. The van der Waals surface area contributed by atoms with Gasteiger partial charge in [-0.3, -0.25) is 9.59 Å². The molecule has 0 aliphatic heterocycles. The van der Waals surface area contributed by atoms with Crippen molar-refractivity contribution < 1.29 is 22.4 Å². The Hall–Kier alpha value is -2.61. The zero-order valence-corrected chi connectivity index (χ0v) is 18.0. The molecule has 0 aliphatic rings. The quantitative estimate of drug-likeness (QED) is 0.639. The molecule has 8 heteroatoms. The van der Waals surface area contributed by atoms with Gasteiger partial charge in [0.2, 0.25) is 0 Å². The highest BCUT2D eigenvalue weighted by atomic mass is 32.2. The number of hydrogen-bond acceptors (Lipinski definition) is 5. The van der Waals surface area contributed by atoms with Crippen LogP contribution in [-0.2, 0) is 19.4 Å². The second-order valence-corrected chi connectivity index (χ2v) is 9.72. The molecule has 0 fully saturated rings. The summed E-state index contributed by atoms with van der Waals surface area (Å²) in [6.07, 6.45) is 1.37. The molecule has 0 radical (unpaired) electrons. The molecule has 0 unspecified atom stereocenters. The molecule has 2 aromatic rings. The van der Waals surface area contributed by atoms with Gasteiger partial charge in [-0.05, 0) is 41.7 Å². The normalized spacial score (nSPS) is 12.8. The van der Waals surface area contributed by atoms with E-state index in [2.05, 4.69) is 10.6 Å². The van der Waals surface area contributed by atoms with E-state index in [-0.39, 0.29) is 29.0 Å². The summed E-state index contributed by atoms with van der Waals surface area (Å²) in [7, 11) is -3.85. The maximum Gasteiger partial charge on any atom is 0.309 e. The standard InChI is InChI=1S/C21H28N2O5S/c1-14(2)12-22-20(24)21(25)23-13-19(18-6-5-11-28-18)29(26,27)17-9-7-16(8-10-17)15(3)4/h5-11,14-15,19H,12-13H2,1-4H3,(H,22,24)(H,23,25)/t19-/m1/s1. The molecule has 0 saturated heterocycles. The SMILES string of the molecule is CC(C)CNC(=O)C(=O)NC[C@H](c1ccco1)S(=O)(=O)c1ccc(C(C)C)cc1. The minimum Gasteiger partial charge on any atom is -0.468 e. The molecule has 2 rings (SSSR count). The third-order valence-corrected chi connectivity index (χ3v) is 6.51. The Morgan fingerprint density at radius 2 is 1.52 bits per heavy atom. The first-order valence-corrected chi connectivity index (χ1v) is 11.1. The first kappa shape index (κ1) is 22.7. The van der Waals surface area contributed by atoms with Gasteiger partial charge in [-0.1, -0.05) is 39.8 Å². The van der Waals surface area contributed by atoms with Crippen molar-refractivity contribution in [3.05, 3.63) is 54.0 Å². The molecule has 1 heterocycles. The van der Waals surface area contributed by atoms with Crippen molar-refractivity contribution in [2.45, 2.75) is 43.8 Å². The average molecular weight is 421 g/mol. The van der Waals surface area contributed by atoms with Crippen LogP contribution < -0.4 is 10.6 Å². The topological polar surface area (TPSA) is 105 Å². The summed E-state index contributed by atoms with van der Waals surface area (Å²) in [5, 5.41) is 3.76. The van der Waals surface area contributed by atoms with E-state index in [0.717, 1.165) is 5.56 Å². The second-order valence-electron chi connectivity index (χ2n) is 7.59. The van der Waals surface area contributed by atoms with Crippen LogP contribution in [0.1, 0.15) is 50.2 Å². The number of furan rings is 1. The molecule has 0 aliphatic carbocycles. The van der Waals surface area contributed by atoms with E-state index in [4.69, 9.17) is 4.42 Å². The fourth-order valence-electron chi connectivity index (χ4n) is 2.69. The summed E-state index contributed by atoms with van der Waals surface area (Å²) in [6.45, 7) is 7.93. The van der Waals surface area contributed by atoms with Gasteiger partial charge in [0.15, 0.2) is 9.84 Å². The first-order chi connectivity index (χ1) is 13.6. The van der Waals surface area contributed by atoms with Crippen molar-refractivity contribution in [2.24, 2.45) is 5.92 Å². The molecular formula is C21H28N2O5S. The number of benzene rings is 1. The maximum atomic E-state index is 13.2. The number of carbonyl (C=O) groups is 2. The molecule has 0 bridgehead atoms. The number of carbonyl (C=O) groups excluding carboxylic acids is 2. The van der Waals surface area contributed by atoms with Crippen LogP contribution in [0.3, 0.4) is 0 Å². The molecule has 0 spiro atoms. The lowest BCUT2D eigenvalue weighted by molar-refractivity contribution is -0.139. The van der Waals surface area contributed by atoms with Crippen molar-refractivity contribution >= 4 is 21.7 Å². The van der Waals surface area contributed by atoms with Gasteiger partial charge >= 0.3 is 11.8 Å². The van der Waals surface area contributed by atoms with Crippen LogP contribution in [0.5, 0.6) is 0 Å². The molecule has 1 aromatic heterocycles. The van der Waals surface area contributed by atoms with E-state index >= 15 is 0 Å². The third-order valence-electron chi connectivity index (χ3n) is 4.44. The lowest BCUT2D eigenvalue weighted by Crippen LogP contribution is -2.43. The highest BCUT2D eigenvalue weighted by Crippen LogP contribution is 2.29. The maximum absolute atomic E-state index is 13.2. The minimum absolute atomic E-state index is 0.127. The fourth-order valence-corrected chi connectivity index (χ4v) is 4.27. The van der Waals surface area contributed by atoms with Crippen LogP contribution in [0.2, 0.25) is 0 Å². The number of hydrogen-bond donors (Lipinski definition) is 2. The summed E-state index contributed by atoms with van der Waals surface area (Å²) in [6, 6.07) is 9.77. The summed E-state index contributed by atoms with van der Waals surface area (Å²) in [5.41, 5.74) is 1.02. The predicted octanol–water partition coefficient (Wildman–Crippen LogP) is 2.81. The zero-order chi connectivity index (χ0) is 21.6. The van der Waals surface area contributed by atoms with Crippen molar-refractivity contribution in [2.75, 3.05) is 13.1 Å². The number of amides is 2. The number of nitrogens with one attached hydrogen (secondary N) is 2. The Balaban J connectivity index is 2.20. The van der Waals surface area contributed by atoms with Crippen molar-refractivity contribution in [1.82, 2.24) is 10.6 Å². The Morgan fingerprint density at radius 3 is 2.00 bits per heavy atom. The summed E-state index contributed by atoms with van der Waals surface area (Å²) >= 11 is 0. The monoisotopic (exact) mass is 420 g/mol. The molecular weight excluding hydrogens is 392 g/mol. The zero-order valence-electron chi connectivity index (χ0n) is 17.1. The van der Waals surface area contributed by atoms with E-state index in [0.29, 0.717) is 6.54 Å². The Morgan fingerprint density at radius 1 is 0.931 bits per heavy atom. The summed E-state index contributed by atoms with van der Waals surface area (Å²) < 4.78 is 31.7. The molecule has 1 atom stereocenters. The Bertz CT molecular complexity index is 916. The largest absolute Gasteiger partial charge is 0.468 e. The van der Waals surface area contributed by atoms with Gasteiger partial charge in [-0.25, -0.2) is 8.42 Å². The molecule has 2 N–H and O–H groups in total. The van der Waals surface area contributed by atoms with Gasteiger partial charge in [-0.2, -0.15) is 0 Å². The van der Waals surface area contributed by atoms with E-state index in [1.165, 1.54) is 12.3 Å².